The Kier molecular flexibility index (Phi) is 5.22. The zero-order chi connectivity index (χ0) is 13.1. The third kappa shape index (κ3) is 2.61. The summed E-state index contributed by atoms with van der Waals surface area (Å²) in [4.78, 5) is 0. The first kappa shape index (κ1) is 15.2. The summed E-state index contributed by atoms with van der Waals surface area (Å²) >= 11 is 0. The van der Waals surface area contributed by atoms with Crippen LogP contribution in [-0.4, -0.2) is 20.1 Å². The molecule has 1 aliphatic rings. The molecule has 0 aromatic carbocycles. The summed E-state index contributed by atoms with van der Waals surface area (Å²) in [6.45, 7) is 14.8. The van der Waals surface area contributed by atoms with Crippen LogP contribution in [0.4, 0.5) is 0 Å². The Hall–Kier alpha value is 0.127. The van der Waals surface area contributed by atoms with Gasteiger partial charge in [0.05, 0.1) is 0 Å². The van der Waals surface area contributed by atoms with Crippen LogP contribution in [0.5, 0.6) is 0 Å². The minimum atomic E-state index is -1.30. The van der Waals surface area contributed by atoms with Crippen molar-refractivity contribution in [2.75, 3.05) is 12.3 Å². The smallest absolute Gasteiger partial charge is 0.113 e. The largest absolute Gasteiger partial charge is 0.114 e. The monoisotopic (exact) mass is 268 g/mol. The highest BCUT2D eigenvalue weighted by atomic mass is 31.4. The Morgan fingerprint density at radius 1 is 1.18 bits per heavy atom. The fourth-order valence-electron chi connectivity index (χ4n) is 3.66. The van der Waals surface area contributed by atoms with Crippen LogP contribution in [0.1, 0.15) is 48.0 Å². The summed E-state index contributed by atoms with van der Waals surface area (Å²) in [6, 6.07) is 1.43. The summed E-state index contributed by atoms with van der Waals surface area (Å²) < 4.78 is 0. The van der Waals surface area contributed by atoms with Gasteiger partial charge < -0.3 is 0 Å². The van der Waals surface area contributed by atoms with Crippen molar-refractivity contribution in [2.45, 2.75) is 59.0 Å². The molecule has 0 saturated heterocycles. The second kappa shape index (κ2) is 5.84. The summed E-state index contributed by atoms with van der Waals surface area (Å²) in [5.74, 6) is 0. The van der Waals surface area contributed by atoms with Crippen LogP contribution in [0.15, 0.2) is 23.4 Å². The lowest BCUT2D eigenvalue weighted by Gasteiger charge is -2.49. The molecular weight excluding hydrogens is 239 g/mol. The average Bonchev–Trinajstić information content (AvgIpc) is 2.77. The molecule has 0 aromatic rings. The number of rotatable bonds is 5. The van der Waals surface area contributed by atoms with Gasteiger partial charge in [0, 0.05) is 0 Å². The topological polar surface area (TPSA) is 0 Å². The number of hydrogen-bond acceptors (Lipinski definition) is 0. The molecule has 0 nitrogen and oxygen atoms in total. The molecule has 0 fully saturated rings. The summed E-state index contributed by atoms with van der Waals surface area (Å²) in [6.07, 6.45) is 11.2. The average molecular weight is 268 g/mol. The standard InChI is InChI=1S/C15H29PSi/c1-7-16(8-2)17(9-3,15(4,5)6)14-12-10-11-13-14/h10-12H,7-9,13H2,1-6H3. The maximum absolute atomic E-state index is 2.50. The Balaban J connectivity index is 3.23. The minimum Gasteiger partial charge on any atom is -0.114 e. The van der Waals surface area contributed by atoms with Crippen LogP contribution in [0, 0.1) is 0 Å². The lowest BCUT2D eigenvalue weighted by atomic mass is 10.2. The van der Waals surface area contributed by atoms with E-state index < -0.39 is 7.74 Å². The van der Waals surface area contributed by atoms with Crippen molar-refractivity contribution in [3.05, 3.63) is 23.4 Å². The Morgan fingerprint density at radius 3 is 2.06 bits per heavy atom. The fourth-order valence-corrected chi connectivity index (χ4v) is 19.4. The molecule has 0 spiro atoms. The minimum absolute atomic E-state index is 0.227. The van der Waals surface area contributed by atoms with Crippen molar-refractivity contribution in [1.82, 2.24) is 0 Å². The SMILES string of the molecule is CCP(CC)[Si](CC)(C1=CC=CC1)C(C)(C)C. The molecule has 0 N–H and O–H groups in total. The van der Waals surface area contributed by atoms with Crippen molar-refractivity contribution >= 4 is 15.2 Å². The molecule has 0 aliphatic heterocycles. The third-order valence-corrected chi connectivity index (χ3v) is 20.9. The van der Waals surface area contributed by atoms with Gasteiger partial charge in [-0.3, -0.25) is 0 Å². The van der Waals surface area contributed by atoms with E-state index in [1.165, 1.54) is 24.8 Å². The van der Waals surface area contributed by atoms with Crippen LogP contribution < -0.4 is 0 Å². The van der Waals surface area contributed by atoms with Crippen LogP contribution >= 0.6 is 7.47 Å². The Bertz CT molecular complexity index is 307. The normalized spacial score (nSPS) is 19.6. The van der Waals surface area contributed by atoms with Crippen LogP contribution in [0.3, 0.4) is 0 Å². The van der Waals surface area contributed by atoms with Gasteiger partial charge in [-0.1, -0.05) is 71.0 Å². The first-order valence-corrected chi connectivity index (χ1v) is 11.8. The molecule has 1 unspecified atom stereocenters. The van der Waals surface area contributed by atoms with Gasteiger partial charge in [-0.15, -0.1) is 7.47 Å². The molecule has 0 amide bonds. The van der Waals surface area contributed by atoms with E-state index in [0.29, 0.717) is 5.04 Å². The van der Waals surface area contributed by atoms with Gasteiger partial charge in [0.2, 0.25) is 0 Å². The highest BCUT2D eigenvalue weighted by Crippen LogP contribution is 2.63. The number of allylic oxidation sites excluding steroid dienone is 4. The molecule has 17 heavy (non-hydrogen) atoms. The predicted octanol–water partition coefficient (Wildman–Crippen LogP) is 5.70. The molecule has 1 atom stereocenters. The summed E-state index contributed by atoms with van der Waals surface area (Å²) in [5.41, 5.74) is 0. The maximum Gasteiger partial charge on any atom is 0.113 e. The summed E-state index contributed by atoms with van der Waals surface area (Å²) in [5, 5.41) is 2.35. The van der Waals surface area contributed by atoms with E-state index >= 15 is 0 Å². The lowest BCUT2D eigenvalue weighted by molar-refractivity contribution is 0.727. The van der Waals surface area contributed by atoms with Crippen LogP contribution in [0.25, 0.3) is 0 Å². The zero-order valence-electron chi connectivity index (χ0n) is 12.5. The number of hydrogen-bond donors (Lipinski definition) is 0. The van der Waals surface area contributed by atoms with Gasteiger partial charge in [-0.25, -0.2) is 0 Å². The molecule has 0 bridgehead atoms. The maximum atomic E-state index is 2.50. The van der Waals surface area contributed by atoms with Crippen molar-refractivity contribution in [3.63, 3.8) is 0 Å². The Morgan fingerprint density at radius 2 is 1.76 bits per heavy atom. The quantitative estimate of drug-likeness (QED) is 0.443. The van der Waals surface area contributed by atoms with Crippen molar-refractivity contribution in [3.8, 4) is 0 Å². The first-order valence-electron chi connectivity index (χ1n) is 7.05. The van der Waals surface area contributed by atoms with E-state index in [1.54, 1.807) is 0 Å². The zero-order valence-corrected chi connectivity index (χ0v) is 14.4. The lowest BCUT2D eigenvalue weighted by Crippen LogP contribution is -2.45. The van der Waals surface area contributed by atoms with Gasteiger partial charge in [0.1, 0.15) is 7.74 Å². The molecule has 1 rings (SSSR count). The highest BCUT2D eigenvalue weighted by molar-refractivity contribution is 7.96. The molecule has 0 aromatic heterocycles. The van der Waals surface area contributed by atoms with E-state index in [9.17, 15) is 0 Å². The highest BCUT2D eigenvalue weighted by Gasteiger charge is 2.49. The fraction of sp³-hybridized carbons (Fsp3) is 0.733. The van der Waals surface area contributed by atoms with E-state index in [0.717, 1.165) is 0 Å². The predicted molar refractivity (Wildman–Crippen MR) is 85.8 cm³/mol. The second-order valence-electron chi connectivity index (χ2n) is 5.96. The van der Waals surface area contributed by atoms with E-state index in [2.05, 4.69) is 59.8 Å². The van der Waals surface area contributed by atoms with Crippen molar-refractivity contribution in [2.24, 2.45) is 0 Å². The van der Waals surface area contributed by atoms with Gasteiger partial charge in [0.25, 0.3) is 0 Å². The molecule has 2 heteroatoms. The first-order chi connectivity index (χ1) is 7.94. The van der Waals surface area contributed by atoms with Gasteiger partial charge >= 0.3 is 0 Å². The molecular formula is C15H29PSi. The van der Waals surface area contributed by atoms with Gasteiger partial charge in [0.15, 0.2) is 0 Å². The van der Waals surface area contributed by atoms with E-state index in [4.69, 9.17) is 0 Å². The molecule has 0 radical (unpaired) electrons. The summed E-state index contributed by atoms with van der Waals surface area (Å²) in [7, 11) is -1.08. The molecule has 0 heterocycles. The van der Waals surface area contributed by atoms with Crippen molar-refractivity contribution < 1.29 is 0 Å². The molecule has 0 saturated carbocycles. The van der Waals surface area contributed by atoms with Crippen LogP contribution in [-0.2, 0) is 0 Å². The van der Waals surface area contributed by atoms with Gasteiger partial charge in [-0.2, -0.15) is 0 Å². The van der Waals surface area contributed by atoms with E-state index in [1.807, 2.05) is 5.20 Å². The molecule has 1 aliphatic carbocycles. The Labute approximate surface area is 110 Å². The van der Waals surface area contributed by atoms with E-state index in [-0.39, 0.29) is 7.47 Å². The van der Waals surface area contributed by atoms with Crippen molar-refractivity contribution in [1.29, 1.82) is 0 Å². The van der Waals surface area contributed by atoms with Crippen LogP contribution in [0.2, 0.25) is 11.1 Å². The third-order valence-electron chi connectivity index (χ3n) is 4.36. The van der Waals surface area contributed by atoms with Gasteiger partial charge in [-0.05, 0) is 23.8 Å². The molecule has 98 valence electrons. The second-order valence-corrected chi connectivity index (χ2v) is 17.1.